The average Bonchev–Trinajstić information content (AvgIpc) is 3.43. The minimum Gasteiger partial charge on any atom is -0.489 e. The molecule has 5 rings (SSSR count). The van der Waals surface area contributed by atoms with Gasteiger partial charge < -0.3 is 15.2 Å². The molecule has 0 spiro atoms. The van der Waals surface area contributed by atoms with Crippen LogP contribution in [0.1, 0.15) is 34.7 Å². The van der Waals surface area contributed by atoms with Crippen LogP contribution in [-0.4, -0.2) is 43.0 Å². The minimum absolute atomic E-state index is 0.0650. The summed E-state index contributed by atoms with van der Waals surface area (Å²) >= 11 is 0. The van der Waals surface area contributed by atoms with Gasteiger partial charge in [0.25, 0.3) is 0 Å². The molecule has 194 valence electrons. The van der Waals surface area contributed by atoms with Crippen molar-refractivity contribution in [2.75, 3.05) is 23.9 Å². The van der Waals surface area contributed by atoms with E-state index in [-0.39, 0.29) is 35.9 Å². The number of hydrogen-bond acceptors (Lipinski definition) is 6. The Morgan fingerprint density at radius 1 is 1.19 bits per heavy atom. The van der Waals surface area contributed by atoms with Crippen molar-refractivity contribution in [3.05, 3.63) is 76.7 Å². The predicted molar refractivity (Wildman–Crippen MR) is 139 cm³/mol. The standard InChI is InChI=1S/C28H29FN2O5S/c1-16-21(7-9-25(31-16)30-10-3-11-37(2,34)35)17-4-8-24(29)19(12-17)15-36-20-5-6-22-18(13-20)14-23-26(22)27(23)28(32)33/h4-9,12-13,23,26-27H,3,10-11,14-15H2,1-2H3,(H,30,31)(H,32,33)/t23-,26+,27+/m1/s1. The van der Waals surface area contributed by atoms with Crippen LogP contribution in [0, 0.1) is 24.6 Å². The molecule has 0 radical (unpaired) electrons. The Kier molecular flexibility index (Phi) is 6.66. The molecule has 37 heavy (non-hydrogen) atoms. The van der Waals surface area contributed by atoms with Gasteiger partial charge in [0, 0.05) is 35.5 Å². The topological polar surface area (TPSA) is 106 Å². The number of fused-ring (bicyclic) bond motifs is 3. The minimum atomic E-state index is -2.99. The highest BCUT2D eigenvalue weighted by molar-refractivity contribution is 7.90. The van der Waals surface area contributed by atoms with E-state index in [1.807, 2.05) is 37.3 Å². The molecule has 1 saturated carbocycles. The first kappa shape index (κ1) is 25.2. The second-order valence-corrected chi connectivity index (χ2v) is 12.2. The number of halogens is 1. The molecule has 0 bridgehead atoms. The van der Waals surface area contributed by atoms with Crippen LogP contribution in [0.25, 0.3) is 11.1 Å². The van der Waals surface area contributed by atoms with Gasteiger partial charge in [0.05, 0.1) is 11.7 Å². The number of rotatable bonds is 10. The van der Waals surface area contributed by atoms with E-state index in [4.69, 9.17) is 4.74 Å². The highest BCUT2D eigenvalue weighted by Crippen LogP contribution is 2.61. The van der Waals surface area contributed by atoms with Crippen molar-refractivity contribution in [3.63, 3.8) is 0 Å². The number of sulfone groups is 1. The van der Waals surface area contributed by atoms with Gasteiger partial charge in [0.15, 0.2) is 0 Å². The third kappa shape index (κ3) is 5.46. The second kappa shape index (κ2) is 9.78. The number of ether oxygens (including phenoxy) is 1. The quantitative estimate of drug-likeness (QED) is 0.374. The van der Waals surface area contributed by atoms with E-state index in [1.54, 1.807) is 12.1 Å². The van der Waals surface area contributed by atoms with E-state index in [0.29, 0.717) is 30.1 Å². The molecule has 0 amide bonds. The summed E-state index contributed by atoms with van der Waals surface area (Å²) in [4.78, 5) is 15.9. The molecule has 3 atom stereocenters. The van der Waals surface area contributed by atoms with E-state index >= 15 is 0 Å². The number of hydrogen-bond donors (Lipinski definition) is 2. The average molecular weight is 525 g/mol. The molecule has 9 heteroatoms. The summed E-state index contributed by atoms with van der Waals surface area (Å²) in [7, 11) is -2.99. The van der Waals surface area contributed by atoms with Crippen molar-refractivity contribution in [2.24, 2.45) is 11.8 Å². The molecule has 0 aliphatic heterocycles. The summed E-state index contributed by atoms with van der Waals surface area (Å²) in [5.74, 6) is 0.366. The first-order valence-corrected chi connectivity index (χ1v) is 14.3. The second-order valence-electron chi connectivity index (χ2n) is 9.95. The lowest BCUT2D eigenvalue weighted by atomic mass is 10.0. The highest BCUT2D eigenvalue weighted by Gasteiger charge is 2.59. The molecule has 3 aromatic rings. The number of carbonyl (C=O) groups is 1. The Morgan fingerprint density at radius 2 is 2.00 bits per heavy atom. The number of nitrogens with zero attached hydrogens (tertiary/aromatic N) is 1. The van der Waals surface area contributed by atoms with Crippen LogP contribution in [0.15, 0.2) is 48.5 Å². The molecule has 2 aliphatic rings. The van der Waals surface area contributed by atoms with Crippen molar-refractivity contribution in [1.29, 1.82) is 0 Å². The third-order valence-electron chi connectivity index (χ3n) is 7.22. The van der Waals surface area contributed by atoms with Gasteiger partial charge in [0.1, 0.15) is 33.8 Å². The summed E-state index contributed by atoms with van der Waals surface area (Å²) in [6, 6.07) is 14.3. The molecule has 1 heterocycles. The summed E-state index contributed by atoms with van der Waals surface area (Å²) in [5.41, 5.74) is 5.09. The van der Waals surface area contributed by atoms with Crippen molar-refractivity contribution >= 4 is 21.6 Å². The normalized spacial score (nSPS) is 19.7. The van der Waals surface area contributed by atoms with Crippen molar-refractivity contribution in [2.45, 2.75) is 32.3 Å². The van der Waals surface area contributed by atoms with Crippen LogP contribution >= 0.6 is 0 Å². The van der Waals surface area contributed by atoms with E-state index < -0.39 is 15.8 Å². The van der Waals surface area contributed by atoms with Crippen LogP contribution < -0.4 is 10.1 Å². The van der Waals surface area contributed by atoms with Gasteiger partial charge in [-0.3, -0.25) is 4.79 Å². The zero-order valence-corrected chi connectivity index (χ0v) is 21.5. The van der Waals surface area contributed by atoms with E-state index in [2.05, 4.69) is 10.3 Å². The Balaban J connectivity index is 1.23. The SMILES string of the molecule is Cc1nc(NCCCS(C)(=O)=O)ccc1-c1ccc(F)c(COc2ccc3c(c2)C[C@H]2[C@H](C(=O)O)[C@@H]32)c1. The maximum atomic E-state index is 14.6. The molecule has 2 aliphatic carbocycles. The highest BCUT2D eigenvalue weighted by atomic mass is 32.2. The monoisotopic (exact) mass is 524 g/mol. The molecule has 0 saturated heterocycles. The number of nitrogens with one attached hydrogen (secondary N) is 1. The van der Waals surface area contributed by atoms with Crippen LogP contribution in [0.2, 0.25) is 0 Å². The Morgan fingerprint density at radius 3 is 2.73 bits per heavy atom. The number of pyridine rings is 1. The molecule has 2 N–H and O–H groups in total. The molecule has 1 aromatic heterocycles. The lowest BCUT2D eigenvalue weighted by Gasteiger charge is -2.13. The molecule has 0 unspecified atom stereocenters. The van der Waals surface area contributed by atoms with Gasteiger partial charge in [-0.25, -0.2) is 17.8 Å². The van der Waals surface area contributed by atoms with E-state index in [0.717, 1.165) is 34.4 Å². The predicted octanol–water partition coefficient (Wildman–Crippen LogP) is 4.59. The lowest BCUT2D eigenvalue weighted by molar-refractivity contribution is -0.139. The molecular weight excluding hydrogens is 495 g/mol. The molecule has 7 nitrogen and oxygen atoms in total. The molecule has 1 fully saturated rings. The van der Waals surface area contributed by atoms with Crippen molar-refractivity contribution in [3.8, 4) is 16.9 Å². The first-order valence-electron chi connectivity index (χ1n) is 12.3. The van der Waals surface area contributed by atoms with Gasteiger partial charge >= 0.3 is 5.97 Å². The summed E-state index contributed by atoms with van der Waals surface area (Å²) < 4.78 is 43.1. The number of carboxylic acid groups (broad SMARTS) is 1. The third-order valence-corrected chi connectivity index (χ3v) is 8.25. The maximum absolute atomic E-state index is 14.6. The zero-order valence-electron chi connectivity index (χ0n) is 20.7. The summed E-state index contributed by atoms with van der Waals surface area (Å²) in [5, 5.41) is 12.4. The molecular formula is C28H29FN2O5S. The maximum Gasteiger partial charge on any atom is 0.307 e. The zero-order chi connectivity index (χ0) is 26.3. The lowest BCUT2D eigenvalue weighted by Crippen LogP contribution is -2.10. The van der Waals surface area contributed by atoms with Gasteiger partial charge in [-0.05, 0) is 78.8 Å². The number of aliphatic carboxylic acids is 1. The van der Waals surface area contributed by atoms with Crippen LogP contribution in [0.3, 0.4) is 0 Å². The Labute approximate surface area is 215 Å². The fraction of sp³-hybridized carbons (Fsp3) is 0.357. The number of aromatic nitrogens is 1. The number of carboxylic acids is 1. The summed E-state index contributed by atoms with van der Waals surface area (Å²) in [6.45, 7) is 2.44. The van der Waals surface area contributed by atoms with Crippen molar-refractivity contribution < 1.29 is 27.4 Å². The van der Waals surface area contributed by atoms with Crippen LogP contribution in [0.5, 0.6) is 5.75 Å². The van der Waals surface area contributed by atoms with Crippen LogP contribution in [-0.2, 0) is 27.7 Å². The van der Waals surface area contributed by atoms with Gasteiger partial charge in [-0.15, -0.1) is 0 Å². The number of benzene rings is 2. The first-order chi connectivity index (χ1) is 17.6. The fourth-order valence-corrected chi connectivity index (χ4v) is 6.01. The smallest absolute Gasteiger partial charge is 0.307 e. The Bertz CT molecular complexity index is 1470. The van der Waals surface area contributed by atoms with Gasteiger partial charge in [-0.2, -0.15) is 0 Å². The van der Waals surface area contributed by atoms with Crippen LogP contribution in [0.4, 0.5) is 10.2 Å². The van der Waals surface area contributed by atoms with Gasteiger partial charge in [-0.1, -0.05) is 12.1 Å². The fourth-order valence-electron chi connectivity index (χ4n) is 5.35. The van der Waals surface area contributed by atoms with Gasteiger partial charge in [0.2, 0.25) is 0 Å². The van der Waals surface area contributed by atoms with E-state index in [9.17, 15) is 22.7 Å². The number of anilines is 1. The summed E-state index contributed by atoms with van der Waals surface area (Å²) in [6.07, 6.45) is 2.46. The number of aryl methyl sites for hydroxylation is 1. The van der Waals surface area contributed by atoms with Crippen molar-refractivity contribution in [1.82, 2.24) is 4.98 Å². The van der Waals surface area contributed by atoms with E-state index in [1.165, 1.54) is 12.3 Å². The largest absolute Gasteiger partial charge is 0.489 e. The Hall–Kier alpha value is -3.46. The molecule has 2 aromatic carbocycles.